The largest absolute Gasteiger partial charge is 0.495 e. The van der Waals surface area contributed by atoms with E-state index in [0.29, 0.717) is 11.4 Å². The molecule has 1 aliphatic rings. The van der Waals surface area contributed by atoms with E-state index in [9.17, 15) is 19.2 Å². The standard InChI is InChI=1S/C19H16N2O6/c1-26-15-9-5-4-8-14(15)20-16(22)11-27-17(23)10-21-18(24)12-6-2-3-7-13(12)19(21)25/h2-9H,10-11H2,1H3,(H,20,22). The molecule has 0 bridgehead atoms. The lowest BCUT2D eigenvalue weighted by atomic mass is 10.1. The summed E-state index contributed by atoms with van der Waals surface area (Å²) in [6, 6.07) is 13.1. The van der Waals surface area contributed by atoms with Gasteiger partial charge in [-0.2, -0.15) is 0 Å². The van der Waals surface area contributed by atoms with Crippen LogP contribution in [0.15, 0.2) is 48.5 Å². The maximum atomic E-state index is 12.2. The Balaban J connectivity index is 1.54. The number of anilines is 1. The Labute approximate surface area is 154 Å². The lowest BCUT2D eigenvalue weighted by molar-refractivity contribution is -0.147. The number of amides is 3. The number of nitrogens with one attached hydrogen (secondary N) is 1. The molecule has 0 fully saturated rings. The Morgan fingerprint density at radius 3 is 2.19 bits per heavy atom. The molecular formula is C19H16N2O6. The van der Waals surface area contributed by atoms with Crippen molar-refractivity contribution in [3.05, 3.63) is 59.7 Å². The number of imide groups is 1. The fourth-order valence-electron chi connectivity index (χ4n) is 2.64. The van der Waals surface area contributed by atoms with Crippen LogP contribution in [0.2, 0.25) is 0 Å². The molecule has 0 aromatic heterocycles. The lowest BCUT2D eigenvalue weighted by Gasteiger charge is -2.13. The van der Waals surface area contributed by atoms with Crippen LogP contribution in [0.25, 0.3) is 0 Å². The number of carbonyl (C=O) groups excluding carboxylic acids is 4. The highest BCUT2D eigenvalue weighted by Crippen LogP contribution is 2.23. The molecule has 1 N–H and O–H groups in total. The van der Waals surface area contributed by atoms with Gasteiger partial charge >= 0.3 is 5.97 Å². The SMILES string of the molecule is COc1ccccc1NC(=O)COC(=O)CN1C(=O)c2ccccc2C1=O. The molecule has 3 amide bonds. The quantitative estimate of drug-likeness (QED) is 0.612. The van der Waals surface area contributed by atoms with Crippen molar-refractivity contribution in [2.24, 2.45) is 0 Å². The fourth-order valence-corrected chi connectivity index (χ4v) is 2.64. The van der Waals surface area contributed by atoms with Gasteiger partial charge in [0, 0.05) is 0 Å². The van der Waals surface area contributed by atoms with E-state index in [4.69, 9.17) is 9.47 Å². The third-order valence-electron chi connectivity index (χ3n) is 3.91. The second-order valence-corrected chi connectivity index (χ2v) is 5.65. The fraction of sp³-hybridized carbons (Fsp3) is 0.158. The number of hydrogen-bond donors (Lipinski definition) is 1. The predicted octanol–water partition coefficient (Wildman–Crippen LogP) is 1.47. The van der Waals surface area contributed by atoms with Gasteiger partial charge in [0.15, 0.2) is 6.61 Å². The monoisotopic (exact) mass is 368 g/mol. The third kappa shape index (κ3) is 3.79. The van der Waals surface area contributed by atoms with Crippen molar-refractivity contribution in [2.75, 3.05) is 25.6 Å². The van der Waals surface area contributed by atoms with Crippen molar-refractivity contribution in [3.8, 4) is 5.75 Å². The molecule has 2 aromatic rings. The number of rotatable bonds is 6. The highest BCUT2D eigenvalue weighted by Gasteiger charge is 2.36. The zero-order chi connectivity index (χ0) is 19.4. The molecule has 8 heteroatoms. The van der Waals surface area contributed by atoms with Gasteiger partial charge in [-0.05, 0) is 24.3 Å². The first kappa shape index (κ1) is 18.1. The van der Waals surface area contributed by atoms with E-state index in [0.717, 1.165) is 4.90 Å². The molecule has 0 radical (unpaired) electrons. The van der Waals surface area contributed by atoms with Gasteiger partial charge in [-0.15, -0.1) is 0 Å². The normalized spacial score (nSPS) is 12.6. The lowest BCUT2D eigenvalue weighted by Crippen LogP contribution is -2.36. The molecule has 3 rings (SSSR count). The molecule has 0 saturated heterocycles. The Morgan fingerprint density at radius 1 is 0.963 bits per heavy atom. The van der Waals surface area contributed by atoms with Gasteiger partial charge in [-0.3, -0.25) is 24.1 Å². The minimum Gasteiger partial charge on any atom is -0.495 e. The van der Waals surface area contributed by atoms with E-state index in [1.165, 1.54) is 19.2 Å². The molecule has 1 aliphatic heterocycles. The number of ether oxygens (including phenoxy) is 2. The summed E-state index contributed by atoms with van der Waals surface area (Å²) in [7, 11) is 1.47. The number of methoxy groups -OCH3 is 1. The summed E-state index contributed by atoms with van der Waals surface area (Å²) >= 11 is 0. The van der Waals surface area contributed by atoms with Crippen LogP contribution in [-0.2, 0) is 14.3 Å². The zero-order valence-corrected chi connectivity index (χ0v) is 14.4. The van der Waals surface area contributed by atoms with Gasteiger partial charge in [-0.25, -0.2) is 0 Å². The first-order valence-electron chi connectivity index (χ1n) is 8.05. The van der Waals surface area contributed by atoms with Crippen LogP contribution in [0.3, 0.4) is 0 Å². The molecule has 27 heavy (non-hydrogen) atoms. The number of para-hydroxylation sites is 2. The minimum absolute atomic E-state index is 0.240. The number of fused-ring (bicyclic) bond motifs is 1. The van der Waals surface area contributed by atoms with E-state index < -0.39 is 36.8 Å². The number of hydrogen-bond acceptors (Lipinski definition) is 6. The first-order valence-corrected chi connectivity index (χ1v) is 8.05. The predicted molar refractivity (Wildman–Crippen MR) is 94.4 cm³/mol. The van der Waals surface area contributed by atoms with Crippen molar-refractivity contribution >= 4 is 29.4 Å². The number of nitrogens with zero attached hydrogens (tertiary/aromatic N) is 1. The van der Waals surface area contributed by atoms with Gasteiger partial charge in [0.25, 0.3) is 17.7 Å². The Morgan fingerprint density at radius 2 is 1.56 bits per heavy atom. The van der Waals surface area contributed by atoms with Gasteiger partial charge in [0.05, 0.1) is 23.9 Å². The van der Waals surface area contributed by atoms with Crippen molar-refractivity contribution in [1.82, 2.24) is 4.90 Å². The summed E-state index contributed by atoms with van der Waals surface area (Å²) in [5.41, 5.74) is 0.912. The molecule has 0 spiro atoms. The van der Waals surface area contributed by atoms with Crippen molar-refractivity contribution in [3.63, 3.8) is 0 Å². The summed E-state index contributed by atoms with van der Waals surface area (Å²) < 4.78 is 9.98. The van der Waals surface area contributed by atoms with Crippen molar-refractivity contribution in [1.29, 1.82) is 0 Å². The van der Waals surface area contributed by atoms with E-state index in [2.05, 4.69) is 5.32 Å². The number of benzene rings is 2. The maximum absolute atomic E-state index is 12.2. The molecule has 1 heterocycles. The first-order chi connectivity index (χ1) is 13.0. The molecule has 0 atom stereocenters. The minimum atomic E-state index is -0.861. The second kappa shape index (κ2) is 7.69. The van der Waals surface area contributed by atoms with Gasteiger partial charge < -0.3 is 14.8 Å². The van der Waals surface area contributed by atoms with Gasteiger partial charge in [0.1, 0.15) is 12.3 Å². The molecular weight excluding hydrogens is 352 g/mol. The molecule has 138 valence electrons. The van der Waals surface area contributed by atoms with E-state index in [-0.39, 0.29) is 11.1 Å². The van der Waals surface area contributed by atoms with Crippen molar-refractivity contribution < 1.29 is 28.7 Å². The van der Waals surface area contributed by atoms with Crippen LogP contribution in [-0.4, -0.2) is 48.9 Å². The topological polar surface area (TPSA) is 102 Å². The van der Waals surface area contributed by atoms with E-state index in [1.807, 2.05) is 0 Å². The zero-order valence-electron chi connectivity index (χ0n) is 14.4. The Kier molecular flexibility index (Phi) is 5.16. The van der Waals surface area contributed by atoms with Crippen LogP contribution in [0.1, 0.15) is 20.7 Å². The molecule has 2 aromatic carbocycles. The number of esters is 1. The molecule has 0 unspecified atom stereocenters. The number of carbonyl (C=O) groups is 4. The summed E-state index contributed by atoms with van der Waals surface area (Å²) in [6.07, 6.45) is 0. The van der Waals surface area contributed by atoms with Crippen LogP contribution >= 0.6 is 0 Å². The highest BCUT2D eigenvalue weighted by molar-refractivity contribution is 6.22. The van der Waals surface area contributed by atoms with Crippen LogP contribution < -0.4 is 10.1 Å². The van der Waals surface area contributed by atoms with E-state index >= 15 is 0 Å². The highest BCUT2D eigenvalue weighted by atomic mass is 16.5. The van der Waals surface area contributed by atoms with Crippen molar-refractivity contribution in [2.45, 2.75) is 0 Å². The molecule has 0 saturated carbocycles. The third-order valence-corrected chi connectivity index (χ3v) is 3.91. The Bertz CT molecular complexity index is 889. The molecule has 8 nitrogen and oxygen atoms in total. The summed E-state index contributed by atoms with van der Waals surface area (Å²) in [4.78, 5) is 49.1. The van der Waals surface area contributed by atoms with Gasteiger partial charge in [0.2, 0.25) is 0 Å². The molecule has 0 aliphatic carbocycles. The smallest absolute Gasteiger partial charge is 0.326 e. The average molecular weight is 368 g/mol. The summed E-state index contributed by atoms with van der Waals surface area (Å²) in [6.45, 7) is -1.12. The summed E-state index contributed by atoms with van der Waals surface area (Å²) in [5, 5.41) is 2.55. The summed E-state index contributed by atoms with van der Waals surface area (Å²) in [5.74, 6) is -2.10. The second-order valence-electron chi connectivity index (χ2n) is 5.65. The maximum Gasteiger partial charge on any atom is 0.326 e. The van der Waals surface area contributed by atoms with Crippen LogP contribution in [0.5, 0.6) is 5.75 Å². The Hall–Kier alpha value is -3.68. The average Bonchev–Trinajstić information content (AvgIpc) is 2.92. The van der Waals surface area contributed by atoms with Crippen LogP contribution in [0, 0.1) is 0 Å². The van der Waals surface area contributed by atoms with E-state index in [1.54, 1.807) is 36.4 Å². The van der Waals surface area contributed by atoms with Crippen LogP contribution in [0.4, 0.5) is 5.69 Å². The van der Waals surface area contributed by atoms with Gasteiger partial charge in [-0.1, -0.05) is 24.3 Å².